The normalized spacial score (nSPS) is 12.4. The maximum Gasteiger partial charge on any atom is 0.417 e. The molecule has 1 aromatic carbocycles. The van der Waals surface area contributed by atoms with E-state index in [9.17, 15) is 13.2 Å². The molecule has 0 radical (unpaired) electrons. The topological polar surface area (TPSA) is 51.0 Å². The first-order chi connectivity index (χ1) is 13.3. The number of nitrogens with one attached hydrogen (secondary N) is 2. The lowest BCUT2D eigenvalue weighted by atomic mass is 10.1. The van der Waals surface area contributed by atoms with Crippen molar-refractivity contribution in [3.05, 3.63) is 53.2 Å². The average Bonchev–Trinajstić information content (AvgIpc) is 2.69. The van der Waals surface area contributed by atoms with Crippen LogP contribution in [0, 0.1) is 0 Å². The maximum absolute atomic E-state index is 12.6. The number of hydrazone groups is 1. The molecule has 0 aliphatic rings. The number of rotatable bonds is 8. The summed E-state index contributed by atoms with van der Waals surface area (Å²) in [5, 5.41) is 4.25. The summed E-state index contributed by atoms with van der Waals surface area (Å²) in [6, 6.07) is 8.07. The smallest absolute Gasteiger partial charge is 0.417 e. The number of hydrogen-bond donors (Lipinski definition) is 2. The molecule has 0 atom stereocenters. The van der Waals surface area contributed by atoms with Crippen molar-refractivity contribution in [2.75, 3.05) is 25.6 Å². The second-order valence-electron chi connectivity index (χ2n) is 6.40. The molecule has 2 N–H and O–H groups in total. The minimum absolute atomic E-state index is 0.244. The number of alkyl halides is 3. The Hall–Kier alpha value is -2.61. The molecule has 0 bridgehead atoms. The maximum atomic E-state index is 12.6. The van der Waals surface area contributed by atoms with Gasteiger partial charge in [-0.3, -0.25) is 5.43 Å². The van der Waals surface area contributed by atoms with E-state index in [4.69, 9.17) is 4.74 Å². The van der Waals surface area contributed by atoms with E-state index in [-0.39, 0.29) is 5.82 Å². The number of aromatic nitrogens is 1. The predicted octanol–water partition coefficient (Wildman–Crippen LogP) is 3.37. The molecule has 0 fully saturated rings. The van der Waals surface area contributed by atoms with Gasteiger partial charge in [0.25, 0.3) is 0 Å². The Labute approximate surface area is 163 Å². The number of ether oxygens (including phenoxy) is 1. The lowest BCUT2D eigenvalue weighted by molar-refractivity contribution is -0.910. The van der Waals surface area contributed by atoms with Gasteiger partial charge in [-0.05, 0) is 56.7 Å². The molecule has 2 aromatic rings. The fourth-order valence-electron chi connectivity index (χ4n) is 2.74. The van der Waals surface area contributed by atoms with Crippen molar-refractivity contribution in [1.29, 1.82) is 0 Å². The first-order valence-electron chi connectivity index (χ1n) is 9.12. The average molecular weight is 395 g/mol. The van der Waals surface area contributed by atoms with Crippen LogP contribution in [-0.2, 0) is 12.7 Å². The molecule has 5 nitrogen and oxygen atoms in total. The van der Waals surface area contributed by atoms with Crippen LogP contribution in [-0.4, -0.2) is 30.9 Å². The number of quaternary nitrogens is 1. The molecule has 28 heavy (non-hydrogen) atoms. The molecule has 0 aliphatic carbocycles. The summed E-state index contributed by atoms with van der Waals surface area (Å²) in [6.45, 7) is 8.97. The largest absolute Gasteiger partial charge is 0.496 e. The molecule has 152 valence electrons. The second-order valence-corrected chi connectivity index (χ2v) is 6.40. The molecule has 0 saturated carbocycles. The number of pyridine rings is 1. The first kappa shape index (κ1) is 21.7. The summed E-state index contributed by atoms with van der Waals surface area (Å²) in [6.07, 6.45) is -3.62. The zero-order valence-electron chi connectivity index (χ0n) is 16.5. The number of methoxy groups -OCH3 is 1. The van der Waals surface area contributed by atoms with Gasteiger partial charge >= 0.3 is 6.18 Å². The van der Waals surface area contributed by atoms with Crippen LogP contribution >= 0.6 is 0 Å². The van der Waals surface area contributed by atoms with Crippen molar-refractivity contribution in [1.82, 2.24) is 4.98 Å². The highest BCUT2D eigenvalue weighted by Crippen LogP contribution is 2.28. The highest BCUT2D eigenvalue weighted by Gasteiger charge is 2.30. The Kier molecular flexibility index (Phi) is 7.39. The molecule has 2 rings (SSSR count). The van der Waals surface area contributed by atoms with E-state index in [1.54, 1.807) is 7.11 Å². The molecule has 0 aliphatic heterocycles. The van der Waals surface area contributed by atoms with Gasteiger partial charge in [-0.1, -0.05) is 0 Å². The number of halogens is 3. The third-order valence-electron chi connectivity index (χ3n) is 4.57. The van der Waals surface area contributed by atoms with Gasteiger partial charge < -0.3 is 9.64 Å². The summed E-state index contributed by atoms with van der Waals surface area (Å²) in [7, 11) is 1.65. The highest BCUT2D eigenvalue weighted by atomic mass is 19.4. The van der Waals surface area contributed by atoms with Gasteiger partial charge in [0.2, 0.25) is 0 Å². The van der Waals surface area contributed by atoms with Crippen molar-refractivity contribution in [3.63, 3.8) is 0 Å². The number of anilines is 1. The number of nitrogens with zero attached hydrogens (tertiary/aromatic N) is 2. The molecule has 1 aromatic heterocycles. The standard InChI is InChI=1S/C20H25F3N4O/c1-5-27(6-2)13-16-11-15(7-9-18(16)28-4)14(3)25-26-19-10-8-17(12-24-19)20(21,22)23/h7-12H,5-6,13H2,1-4H3,(H,24,26)/p+1/b25-14-. The Morgan fingerprint density at radius 2 is 1.89 bits per heavy atom. The summed E-state index contributed by atoms with van der Waals surface area (Å²) < 4.78 is 43.3. The van der Waals surface area contributed by atoms with Crippen LogP contribution in [0.5, 0.6) is 5.75 Å². The van der Waals surface area contributed by atoms with Gasteiger partial charge in [0, 0.05) is 11.8 Å². The van der Waals surface area contributed by atoms with E-state index in [1.807, 2.05) is 25.1 Å². The molecule has 1 heterocycles. The number of hydrogen-bond acceptors (Lipinski definition) is 4. The van der Waals surface area contributed by atoms with Gasteiger partial charge in [0.15, 0.2) is 0 Å². The Balaban J connectivity index is 2.17. The van der Waals surface area contributed by atoms with E-state index in [1.165, 1.54) is 11.0 Å². The predicted molar refractivity (Wildman–Crippen MR) is 104 cm³/mol. The second kappa shape index (κ2) is 9.54. The van der Waals surface area contributed by atoms with Crippen LogP contribution in [0.4, 0.5) is 19.0 Å². The molecule has 0 unspecified atom stereocenters. The van der Waals surface area contributed by atoms with Gasteiger partial charge in [0.1, 0.15) is 18.1 Å². The van der Waals surface area contributed by atoms with Crippen LogP contribution in [0.15, 0.2) is 41.6 Å². The Bertz CT molecular complexity index is 800. The van der Waals surface area contributed by atoms with Gasteiger partial charge in [-0.15, -0.1) is 0 Å². The lowest BCUT2D eigenvalue weighted by Gasteiger charge is -2.18. The molecule has 8 heteroatoms. The van der Waals surface area contributed by atoms with Gasteiger partial charge in [-0.25, -0.2) is 4.98 Å². The van der Waals surface area contributed by atoms with Gasteiger partial charge in [-0.2, -0.15) is 18.3 Å². The Morgan fingerprint density at radius 3 is 2.43 bits per heavy atom. The quantitative estimate of drug-likeness (QED) is 0.532. The third kappa shape index (κ3) is 5.69. The molecular weight excluding hydrogens is 369 g/mol. The fraction of sp³-hybridized carbons (Fsp3) is 0.400. The van der Waals surface area contributed by atoms with Crippen molar-refractivity contribution in [3.8, 4) is 5.75 Å². The lowest BCUT2D eigenvalue weighted by Crippen LogP contribution is -3.10. The van der Waals surface area contributed by atoms with Crippen molar-refractivity contribution >= 4 is 11.5 Å². The molecule has 0 saturated heterocycles. The van der Waals surface area contributed by atoms with Crippen molar-refractivity contribution in [2.45, 2.75) is 33.5 Å². The molecule has 0 amide bonds. The summed E-state index contributed by atoms with van der Waals surface area (Å²) in [5.41, 5.74) is 4.59. The monoisotopic (exact) mass is 395 g/mol. The Morgan fingerprint density at radius 1 is 1.18 bits per heavy atom. The first-order valence-corrected chi connectivity index (χ1v) is 9.12. The third-order valence-corrected chi connectivity index (χ3v) is 4.57. The summed E-state index contributed by atoms with van der Waals surface area (Å²) in [5.74, 6) is 1.07. The highest BCUT2D eigenvalue weighted by molar-refractivity contribution is 5.99. The summed E-state index contributed by atoms with van der Waals surface area (Å²) >= 11 is 0. The van der Waals surface area contributed by atoms with Crippen LogP contribution < -0.4 is 15.1 Å². The van der Waals surface area contributed by atoms with Crippen LogP contribution in [0.3, 0.4) is 0 Å². The van der Waals surface area contributed by atoms with Crippen molar-refractivity contribution in [2.24, 2.45) is 5.10 Å². The van der Waals surface area contributed by atoms with Crippen molar-refractivity contribution < 1.29 is 22.8 Å². The zero-order valence-corrected chi connectivity index (χ0v) is 16.5. The van der Waals surface area contributed by atoms with E-state index in [0.29, 0.717) is 5.71 Å². The number of benzene rings is 1. The van der Waals surface area contributed by atoms with E-state index in [2.05, 4.69) is 29.4 Å². The molecular formula is C20H26F3N4O+. The minimum atomic E-state index is -4.41. The van der Waals surface area contributed by atoms with Crippen LogP contribution in [0.2, 0.25) is 0 Å². The van der Waals surface area contributed by atoms with E-state index >= 15 is 0 Å². The van der Waals surface area contributed by atoms with Gasteiger partial charge in [0.05, 0.1) is 31.5 Å². The SMILES string of the molecule is CC[NH+](CC)Cc1cc(/C(C)=N\Nc2ccc(C(F)(F)F)cn2)ccc1OC. The summed E-state index contributed by atoms with van der Waals surface area (Å²) in [4.78, 5) is 5.18. The van der Waals surface area contributed by atoms with Crippen LogP contribution in [0.1, 0.15) is 37.5 Å². The van der Waals surface area contributed by atoms with Crippen LogP contribution in [0.25, 0.3) is 0 Å². The fourth-order valence-corrected chi connectivity index (χ4v) is 2.74. The molecule has 0 spiro atoms. The zero-order chi connectivity index (χ0) is 20.7. The minimum Gasteiger partial charge on any atom is -0.496 e. The van der Waals surface area contributed by atoms with E-state index < -0.39 is 11.7 Å². The van der Waals surface area contributed by atoms with E-state index in [0.717, 1.165) is 48.8 Å².